The van der Waals surface area contributed by atoms with Gasteiger partial charge in [0.05, 0.1) is 13.5 Å². The molecule has 1 atom stereocenters. The lowest BCUT2D eigenvalue weighted by atomic mass is 10.1. The third-order valence-electron chi connectivity index (χ3n) is 4.72. The predicted molar refractivity (Wildman–Crippen MR) is 113 cm³/mol. The quantitative estimate of drug-likeness (QED) is 0.484. The van der Waals surface area contributed by atoms with Crippen LogP contribution in [0.15, 0.2) is 83.3 Å². The van der Waals surface area contributed by atoms with E-state index in [0.717, 1.165) is 11.1 Å². The van der Waals surface area contributed by atoms with Crippen LogP contribution in [-0.4, -0.2) is 23.2 Å². The highest BCUT2D eigenvalue weighted by Gasteiger charge is 2.23. The van der Waals surface area contributed by atoms with Crippen LogP contribution in [0.3, 0.4) is 0 Å². The van der Waals surface area contributed by atoms with Gasteiger partial charge in [-0.2, -0.15) is 0 Å². The van der Waals surface area contributed by atoms with E-state index in [-0.39, 0.29) is 24.0 Å². The van der Waals surface area contributed by atoms with Crippen molar-refractivity contribution in [2.45, 2.75) is 12.5 Å². The molecule has 0 aliphatic heterocycles. The van der Waals surface area contributed by atoms with E-state index in [4.69, 9.17) is 9.15 Å². The van der Waals surface area contributed by atoms with Crippen molar-refractivity contribution in [1.29, 1.82) is 0 Å². The fourth-order valence-electron chi connectivity index (χ4n) is 3.17. The van der Waals surface area contributed by atoms with Gasteiger partial charge >= 0.3 is 0 Å². The highest BCUT2D eigenvalue weighted by Crippen LogP contribution is 2.25. The highest BCUT2D eigenvalue weighted by molar-refractivity contribution is 5.79. The third-order valence-corrected chi connectivity index (χ3v) is 4.72. The Bertz CT molecular complexity index is 1160. The van der Waals surface area contributed by atoms with Crippen LogP contribution in [0.4, 0.5) is 4.39 Å². The topological polar surface area (TPSA) is 77.2 Å². The average Bonchev–Trinajstić information content (AvgIpc) is 3.29. The van der Waals surface area contributed by atoms with Crippen molar-refractivity contribution in [1.82, 2.24) is 15.5 Å². The minimum absolute atomic E-state index is 0.134. The molecule has 7 heteroatoms. The van der Waals surface area contributed by atoms with Crippen LogP contribution in [0.2, 0.25) is 0 Å². The monoisotopic (exact) mass is 417 g/mol. The summed E-state index contributed by atoms with van der Waals surface area (Å²) in [6.45, 7) is 0. The first-order valence-electron chi connectivity index (χ1n) is 9.69. The van der Waals surface area contributed by atoms with Crippen LogP contribution >= 0.6 is 0 Å². The molecule has 0 aliphatic carbocycles. The van der Waals surface area contributed by atoms with Crippen molar-refractivity contribution in [3.05, 3.63) is 102 Å². The van der Waals surface area contributed by atoms with Crippen LogP contribution in [0.5, 0.6) is 5.75 Å². The molecule has 0 saturated carbocycles. The van der Waals surface area contributed by atoms with Gasteiger partial charge in [0.15, 0.2) is 0 Å². The second-order valence-corrected chi connectivity index (χ2v) is 6.89. The summed E-state index contributed by atoms with van der Waals surface area (Å²) in [4.78, 5) is 12.8. The molecule has 1 N–H and O–H groups in total. The van der Waals surface area contributed by atoms with Gasteiger partial charge in [0.1, 0.15) is 17.6 Å². The van der Waals surface area contributed by atoms with E-state index in [1.54, 1.807) is 25.3 Å². The molecule has 3 aromatic carbocycles. The molecular formula is C24H20FN3O3. The van der Waals surface area contributed by atoms with Crippen molar-refractivity contribution in [3.63, 3.8) is 0 Å². The van der Waals surface area contributed by atoms with Crippen molar-refractivity contribution >= 4 is 5.91 Å². The number of methoxy groups -OCH3 is 1. The zero-order valence-corrected chi connectivity index (χ0v) is 16.8. The molecule has 156 valence electrons. The summed E-state index contributed by atoms with van der Waals surface area (Å²) in [5, 5.41) is 11.2. The van der Waals surface area contributed by atoms with Gasteiger partial charge in [-0.05, 0) is 47.5 Å². The van der Waals surface area contributed by atoms with E-state index < -0.39 is 6.04 Å². The molecule has 4 rings (SSSR count). The Morgan fingerprint density at radius 2 is 1.81 bits per heavy atom. The van der Waals surface area contributed by atoms with E-state index in [9.17, 15) is 9.18 Å². The van der Waals surface area contributed by atoms with Crippen molar-refractivity contribution in [2.75, 3.05) is 7.11 Å². The second-order valence-electron chi connectivity index (χ2n) is 6.89. The number of nitrogens with zero attached hydrogens (tertiary/aromatic N) is 2. The number of hydrogen-bond donors (Lipinski definition) is 1. The van der Waals surface area contributed by atoms with E-state index in [2.05, 4.69) is 15.5 Å². The summed E-state index contributed by atoms with van der Waals surface area (Å²) in [7, 11) is 1.57. The molecule has 0 aliphatic rings. The molecule has 1 aromatic heterocycles. The first kappa shape index (κ1) is 20.3. The molecule has 0 fully saturated rings. The normalized spacial score (nSPS) is 11.7. The number of carbonyl (C=O) groups excluding carboxylic acids is 1. The fourth-order valence-corrected chi connectivity index (χ4v) is 3.17. The Morgan fingerprint density at radius 3 is 2.55 bits per heavy atom. The van der Waals surface area contributed by atoms with E-state index in [1.165, 1.54) is 12.1 Å². The molecule has 0 unspecified atom stereocenters. The maximum atomic E-state index is 13.4. The SMILES string of the molecule is COc1cccc(CC(=O)N[C@H](c2ccc(F)cc2)c2nnc(-c3ccccc3)o2)c1. The van der Waals surface area contributed by atoms with Crippen LogP contribution in [0.1, 0.15) is 23.1 Å². The maximum Gasteiger partial charge on any atom is 0.247 e. The van der Waals surface area contributed by atoms with Gasteiger partial charge in [-0.1, -0.05) is 42.5 Å². The third kappa shape index (κ3) is 4.95. The predicted octanol–water partition coefficient (Wildman–Crippen LogP) is 4.33. The van der Waals surface area contributed by atoms with Gasteiger partial charge in [0.25, 0.3) is 0 Å². The summed E-state index contributed by atoms with van der Waals surface area (Å²) in [6, 6.07) is 21.7. The van der Waals surface area contributed by atoms with Crippen molar-refractivity contribution in [2.24, 2.45) is 0 Å². The molecule has 6 nitrogen and oxygen atoms in total. The average molecular weight is 417 g/mol. The standard InChI is InChI=1S/C24H20FN3O3/c1-30-20-9-5-6-16(14-20)15-21(29)26-22(17-10-12-19(25)13-11-17)24-28-27-23(31-24)18-7-3-2-4-8-18/h2-14,22H,15H2,1H3,(H,26,29)/t22-/m1/s1. The zero-order valence-electron chi connectivity index (χ0n) is 16.8. The van der Waals surface area contributed by atoms with Gasteiger partial charge in [-0.3, -0.25) is 4.79 Å². The van der Waals surface area contributed by atoms with Crippen LogP contribution in [0.25, 0.3) is 11.5 Å². The molecule has 0 radical (unpaired) electrons. The molecular weight excluding hydrogens is 397 g/mol. The molecule has 0 spiro atoms. The van der Waals surface area contributed by atoms with Gasteiger partial charge in [-0.25, -0.2) is 4.39 Å². The van der Waals surface area contributed by atoms with E-state index >= 15 is 0 Å². The number of carbonyl (C=O) groups is 1. The Morgan fingerprint density at radius 1 is 1.03 bits per heavy atom. The molecule has 1 heterocycles. The lowest BCUT2D eigenvalue weighted by Crippen LogP contribution is -2.30. The minimum atomic E-state index is -0.719. The number of amides is 1. The lowest BCUT2D eigenvalue weighted by molar-refractivity contribution is -0.121. The summed E-state index contributed by atoms with van der Waals surface area (Å²) < 4.78 is 24.5. The summed E-state index contributed by atoms with van der Waals surface area (Å²) >= 11 is 0. The van der Waals surface area contributed by atoms with Gasteiger partial charge < -0.3 is 14.5 Å². The molecule has 1 amide bonds. The summed E-state index contributed by atoms with van der Waals surface area (Å²) in [6.07, 6.45) is 0.134. The minimum Gasteiger partial charge on any atom is -0.497 e. The molecule has 0 saturated heterocycles. The number of halogens is 1. The van der Waals surface area contributed by atoms with Crippen molar-refractivity contribution in [3.8, 4) is 17.2 Å². The first-order chi connectivity index (χ1) is 15.1. The smallest absolute Gasteiger partial charge is 0.247 e. The van der Waals surface area contributed by atoms with E-state index in [0.29, 0.717) is 17.2 Å². The number of benzene rings is 3. The van der Waals surface area contributed by atoms with Gasteiger partial charge in [0, 0.05) is 5.56 Å². The zero-order chi connectivity index (χ0) is 21.6. The molecule has 31 heavy (non-hydrogen) atoms. The highest BCUT2D eigenvalue weighted by atomic mass is 19.1. The number of hydrogen-bond acceptors (Lipinski definition) is 5. The lowest BCUT2D eigenvalue weighted by Gasteiger charge is -2.16. The van der Waals surface area contributed by atoms with Crippen LogP contribution in [-0.2, 0) is 11.2 Å². The Balaban J connectivity index is 1.60. The Labute approximate surface area is 178 Å². The number of ether oxygens (including phenoxy) is 1. The number of nitrogens with one attached hydrogen (secondary N) is 1. The summed E-state index contributed by atoms with van der Waals surface area (Å²) in [5.74, 6) is 0.599. The first-order valence-corrected chi connectivity index (χ1v) is 9.69. The van der Waals surface area contributed by atoms with Gasteiger partial charge in [0.2, 0.25) is 17.7 Å². The molecule has 0 bridgehead atoms. The van der Waals surface area contributed by atoms with E-state index in [1.807, 2.05) is 48.5 Å². The second kappa shape index (κ2) is 9.21. The summed E-state index contributed by atoms with van der Waals surface area (Å²) in [5.41, 5.74) is 2.19. The van der Waals surface area contributed by atoms with Crippen LogP contribution < -0.4 is 10.1 Å². The number of rotatable bonds is 7. The molecule has 4 aromatic rings. The fraction of sp³-hybridized carbons (Fsp3) is 0.125. The Hall–Kier alpha value is -4.00. The number of aromatic nitrogens is 2. The Kier molecular flexibility index (Phi) is 6.03. The van der Waals surface area contributed by atoms with Crippen molar-refractivity contribution < 1.29 is 18.3 Å². The van der Waals surface area contributed by atoms with Gasteiger partial charge in [-0.15, -0.1) is 10.2 Å². The van der Waals surface area contributed by atoms with Crippen LogP contribution in [0, 0.1) is 5.82 Å². The largest absolute Gasteiger partial charge is 0.497 e. The maximum absolute atomic E-state index is 13.4.